The third-order valence-electron chi connectivity index (χ3n) is 4.07. The molecule has 23 heavy (non-hydrogen) atoms. The molecular formula is C16H18ClN3O2S. The van der Waals surface area contributed by atoms with Crippen molar-refractivity contribution in [1.82, 2.24) is 9.29 Å². The second kappa shape index (κ2) is 6.11. The van der Waals surface area contributed by atoms with E-state index in [9.17, 15) is 8.42 Å². The molecule has 0 amide bonds. The van der Waals surface area contributed by atoms with E-state index >= 15 is 0 Å². The van der Waals surface area contributed by atoms with Crippen molar-refractivity contribution in [2.75, 3.05) is 18.5 Å². The third-order valence-corrected chi connectivity index (χ3v) is 6.48. The van der Waals surface area contributed by atoms with Gasteiger partial charge in [-0.3, -0.25) is 0 Å². The number of likely N-dealkylation sites (N-methyl/N-ethyl adjacent to an activating group) is 1. The number of sulfonamides is 1. The Labute approximate surface area is 141 Å². The van der Waals surface area contributed by atoms with E-state index in [2.05, 4.69) is 9.88 Å². The maximum absolute atomic E-state index is 13.1. The average Bonchev–Trinajstić information content (AvgIpc) is 2.65. The van der Waals surface area contributed by atoms with Gasteiger partial charge >= 0.3 is 0 Å². The van der Waals surface area contributed by atoms with E-state index < -0.39 is 10.0 Å². The van der Waals surface area contributed by atoms with Crippen LogP contribution in [0.15, 0.2) is 47.5 Å². The van der Waals surface area contributed by atoms with Gasteiger partial charge in [-0.2, -0.15) is 4.31 Å². The van der Waals surface area contributed by atoms with E-state index in [0.717, 1.165) is 11.3 Å². The predicted molar refractivity (Wildman–Crippen MR) is 91.1 cm³/mol. The van der Waals surface area contributed by atoms with E-state index in [-0.39, 0.29) is 16.1 Å². The summed E-state index contributed by atoms with van der Waals surface area (Å²) in [5, 5.41) is 0.00517. The lowest BCUT2D eigenvalue weighted by Crippen LogP contribution is -2.41. The summed E-state index contributed by atoms with van der Waals surface area (Å²) in [6.07, 6.45) is 1.48. The van der Waals surface area contributed by atoms with Gasteiger partial charge in [-0.1, -0.05) is 29.8 Å². The maximum atomic E-state index is 13.1. The summed E-state index contributed by atoms with van der Waals surface area (Å²) in [7, 11) is -1.74. The highest BCUT2D eigenvalue weighted by atomic mass is 35.5. The van der Waals surface area contributed by atoms with E-state index in [1.54, 1.807) is 6.07 Å². The van der Waals surface area contributed by atoms with Crippen molar-refractivity contribution < 1.29 is 8.42 Å². The zero-order valence-electron chi connectivity index (χ0n) is 13.0. The van der Waals surface area contributed by atoms with Crippen molar-refractivity contribution in [3.63, 3.8) is 0 Å². The summed E-state index contributed by atoms with van der Waals surface area (Å²) in [5.74, 6) is 0. The highest BCUT2D eigenvalue weighted by molar-refractivity contribution is 7.89. The van der Waals surface area contributed by atoms with Crippen LogP contribution in [-0.2, 0) is 16.6 Å². The Morgan fingerprint density at radius 1 is 1.22 bits per heavy atom. The van der Waals surface area contributed by atoms with Gasteiger partial charge in [0.1, 0.15) is 10.0 Å². The molecule has 0 N–H and O–H groups in total. The van der Waals surface area contributed by atoms with Crippen LogP contribution in [0, 0.1) is 0 Å². The lowest BCUT2D eigenvalue weighted by Gasteiger charge is -2.27. The first-order valence-electron chi connectivity index (χ1n) is 7.32. The SMILES string of the molecule is C[C@@H]1CN(C)c2ccccc2CN1S(=O)(=O)c1cccnc1Cl. The number of para-hydroxylation sites is 1. The summed E-state index contributed by atoms with van der Waals surface area (Å²) in [5.41, 5.74) is 2.03. The van der Waals surface area contributed by atoms with E-state index in [1.165, 1.54) is 16.6 Å². The van der Waals surface area contributed by atoms with Gasteiger partial charge in [0, 0.05) is 38.1 Å². The van der Waals surface area contributed by atoms with E-state index in [1.807, 2.05) is 38.2 Å². The van der Waals surface area contributed by atoms with E-state index in [0.29, 0.717) is 13.1 Å². The summed E-state index contributed by atoms with van der Waals surface area (Å²) >= 11 is 6.02. The Morgan fingerprint density at radius 3 is 2.70 bits per heavy atom. The molecule has 2 heterocycles. The summed E-state index contributed by atoms with van der Waals surface area (Å²) in [6.45, 7) is 2.83. The minimum atomic E-state index is -3.72. The van der Waals surface area contributed by atoms with Crippen LogP contribution in [0.3, 0.4) is 0 Å². The Morgan fingerprint density at radius 2 is 1.96 bits per heavy atom. The highest BCUT2D eigenvalue weighted by Crippen LogP contribution is 2.31. The van der Waals surface area contributed by atoms with Crippen LogP contribution in [0.5, 0.6) is 0 Å². The molecule has 0 unspecified atom stereocenters. The molecule has 1 atom stereocenters. The highest BCUT2D eigenvalue weighted by Gasteiger charge is 2.34. The van der Waals surface area contributed by atoms with Gasteiger partial charge in [0.15, 0.2) is 0 Å². The Kier molecular flexibility index (Phi) is 4.31. The van der Waals surface area contributed by atoms with Crippen LogP contribution in [0.4, 0.5) is 5.69 Å². The van der Waals surface area contributed by atoms with Crippen molar-refractivity contribution in [2.24, 2.45) is 0 Å². The predicted octanol–water partition coefficient (Wildman–Crippen LogP) is 2.76. The van der Waals surface area contributed by atoms with Gasteiger partial charge < -0.3 is 4.90 Å². The Bertz CT molecular complexity index is 826. The minimum Gasteiger partial charge on any atom is -0.373 e. The van der Waals surface area contributed by atoms with Gasteiger partial charge in [-0.05, 0) is 30.7 Å². The molecule has 2 aromatic rings. The molecule has 3 rings (SSSR count). The van der Waals surface area contributed by atoms with Gasteiger partial charge in [-0.25, -0.2) is 13.4 Å². The molecule has 1 aromatic heterocycles. The van der Waals surface area contributed by atoms with Gasteiger partial charge in [0.25, 0.3) is 0 Å². The fourth-order valence-electron chi connectivity index (χ4n) is 2.94. The van der Waals surface area contributed by atoms with Crippen LogP contribution in [0.25, 0.3) is 0 Å². The molecule has 1 aliphatic heterocycles. The number of anilines is 1. The molecule has 5 nitrogen and oxygen atoms in total. The molecule has 0 fully saturated rings. The zero-order chi connectivity index (χ0) is 16.6. The molecule has 0 saturated carbocycles. The second-order valence-electron chi connectivity index (χ2n) is 5.70. The van der Waals surface area contributed by atoms with Gasteiger partial charge in [0.2, 0.25) is 10.0 Å². The first kappa shape index (κ1) is 16.2. The van der Waals surface area contributed by atoms with Gasteiger partial charge in [-0.15, -0.1) is 0 Å². The number of fused-ring (bicyclic) bond motifs is 1. The van der Waals surface area contributed by atoms with Crippen LogP contribution < -0.4 is 4.90 Å². The normalized spacial score (nSPS) is 19.3. The Balaban J connectivity index is 2.07. The Hall–Kier alpha value is -1.63. The van der Waals surface area contributed by atoms with Crippen LogP contribution in [-0.4, -0.2) is 37.3 Å². The van der Waals surface area contributed by atoms with Crippen molar-refractivity contribution in [3.8, 4) is 0 Å². The molecule has 0 bridgehead atoms. The van der Waals surface area contributed by atoms with Gasteiger partial charge in [0.05, 0.1) is 0 Å². The number of aromatic nitrogens is 1. The number of hydrogen-bond donors (Lipinski definition) is 0. The molecule has 1 aliphatic rings. The zero-order valence-corrected chi connectivity index (χ0v) is 14.5. The fourth-order valence-corrected chi connectivity index (χ4v) is 4.97. The molecule has 7 heteroatoms. The summed E-state index contributed by atoms with van der Waals surface area (Å²) in [6, 6.07) is 10.7. The first-order valence-corrected chi connectivity index (χ1v) is 9.14. The smallest absolute Gasteiger partial charge is 0.246 e. The third kappa shape index (κ3) is 2.94. The fraction of sp³-hybridized carbons (Fsp3) is 0.312. The topological polar surface area (TPSA) is 53.5 Å². The maximum Gasteiger partial charge on any atom is 0.246 e. The molecule has 0 saturated heterocycles. The number of rotatable bonds is 2. The first-order chi connectivity index (χ1) is 10.9. The summed E-state index contributed by atoms with van der Waals surface area (Å²) < 4.78 is 27.6. The number of hydrogen-bond acceptors (Lipinski definition) is 4. The quantitative estimate of drug-likeness (QED) is 0.781. The number of halogens is 1. The van der Waals surface area contributed by atoms with E-state index in [4.69, 9.17) is 11.6 Å². The van der Waals surface area contributed by atoms with Crippen molar-refractivity contribution >= 4 is 27.3 Å². The number of benzene rings is 1. The molecule has 1 aromatic carbocycles. The number of nitrogens with zero attached hydrogens (tertiary/aromatic N) is 3. The van der Waals surface area contributed by atoms with Crippen LogP contribution >= 0.6 is 11.6 Å². The molecule has 0 aliphatic carbocycles. The van der Waals surface area contributed by atoms with Crippen molar-refractivity contribution in [1.29, 1.82) is 0 Å². The van der Waals surface area contributed by atoms with Crippen LogP contribution in [0.2, 0.25) is 5.15 Å². The molecular weight excluding hydrogens is 334 g/mol. The monoisotopic (exact) mass is 351 g/mol. The molecule has 0 spiro atoms. The average molecular weight is 352 g/mol. The minimum absolute atomic E-state index is 0.00517. The number of pyridine rings is 1. The molecule has 0 radical (unpaired) electrons. The van der Waals surface area contributed by atoms with Crippen LogP contribution in [0.1, 0.15) is 12.5 Å². The second-order valence-corrected chi connectivity index (χ2v) is 7.92. The lowest BCUT2D eigenvalue weighted by molar-refractivity contribution is 0.340. The molecule has 122 valence electrons. The standard InChI is InChI=1S/C16H18ClN3O2S/c1-12-10-19(2)14-7-4-3-6-13(14)11-20(12)23(21,22)15-8-5-9-18-16(15)17/h3-9,12H,10-11H2,1-2H3/t12-/m1/s1. The largest absolute Gasteiger partial charge is 0.373 e. The lowest BCUT2D eigenvalue weighted by atomic mass is 10.1. The van der Waals surface area contributed by atoms with Crippen molar-refractivity contribution in [2.45, 2.75) is 24.4 Å². The summed E-state index contributed by atoms with van der Waals surface area (Å²) in [4.78, 5) is 6.03. The van der Waals surface area contributed by atoms with Crippen molar-refractivity contribution in [3.05, 3.63) is 53.3 Å².